The molecule has 0 bridgehead atoms. The summed E-state index contributed by atoms with van der Waals surface area (Å²) >= 11 is 3.42. The second-order valence-corrected chi connectivity index (χ2v) is 5.10. The smallest absolute Gasteiger partial charge is 0.257 e. The summed E-state index contributed by atoms with van der Waals surface area (Å²) in [6.07, 6.45) is 2.32. The number of nitrogen functional groups attached to an aromatic ring is 1. The third kappa shape index (κ3) is 3.34. The maximum absolute atomic E-state index is 12.2. The van der Waals surface area contributed by atoms with Crippen molar-refractivity contribution in [3.63, 3.8) is 0 Å². The van der Waals surface area contributed by atoms with E-state index in [0.717, 1.165) is 22.1 Å². The minimum Gasteiger partial charge on any atom is -0.322 e. The average molecular weight is 335 g/mol. The first kappa shape index (κ1) is 14.5. The lowest BCUT2D eigenvalue weighted by Gasteiger charge is -2.10. The Morgan fingerprint density at radius 1 is 1.35 bits per heavy atom. The second-order valence-electron chi connectivity index (χ2n) is 4.19. The van der Waals surface area contributed by atoms with E-state index >= 15 is 0 Å². The van der Waals surface area contributed by atoms with Gasteiger partial charge in [-0.05, 0) is 42.3 Å². The second kappa shape index (κ2) is 6.49. The maximum Gasteiger partial charge on any atom is 0.257 e. The molecule has 1 aromatic heterocycles. The van der Waals surface area contributed by atoms with Gasteiger partial charge in [0.05, 0.1) is 5.56 Å². The van der Waals surface area contributed by atoms with Gasteiger partial charge >= 0.3 is 0 Å². The van der Waals surface area contributed by atoms with Crippen LogP contribution in [0.25, 0.3) is 0 Å². The predicted molar refractivity (Wildman–Crippen MR) is 83.5 cm³/mol. The standard InChI is InChI=1S/C14H15BrN4O/c1-2-9-7-11(15)4-5-12(9)18-14(20)10-3-6-13(19-16)17-8-10/h3-8H,2,16H2,1H3,(H,17,19)(H,18,20). The van der Waals surface area contributed by atoms with Gasteiger partial charge in [-0.2, -0.15) is 0 Å². The number of hydrazine groups is 1. The first-order valence-electron chi connectivity index (χ1n) is 6.16. The molecule has 1 aromatic carbocycles. The van der Waals surface area contributed by atoms with Gasteiger partial charge in [0.1, 0.15) is 5.82 Å². The van der Waals surface area contributed by atoms with E-state index in [1.54, 1.807) is 12.1 Å². The number of amides is 1. The highest BCUT2D eigenvalue weighted by atomic mass is 79.9. The fraction of sp³-hybridized carbons (Fsp3) is 0.143. The van der Waals surface area contributed by atoms with Crippen LogP contribution in [0.3, 0.4) is 0 Å². The number of benzene rings is 1. The van der Waals surface area contributed by atoms with E-state index in [1.807, 2.05) is 25.1 Å². The van der Waals surface area contributed by atoms with E-state index in [4.69, 9.17) is 5.84 Å². The zero-order chi connectivity index (χ0) is 14.5. The molecule has 104 valence electrons. The van der Waals surface area contributed by atoms with Gasteiger partial charge in [0, 0.05) is 16.4 Å². The van der Waals surface area contributed by atoms with E-state index in [9.17, 15) is 4.79 Å². The van der Waals surface area contributed by atoms with Crippen LogP contribution in [0, 0.1) is 0 Å². The van der Waals surface area contributed by atoms with Crippen LogP contribution < -0.4 is 16.6 Å². The third-order valence-electron chi connectivity index (χ3n) is 2.87. The number of hydrogen-bond donors (Lipinski definition) is 3. The Balaban J connectivity index is 2.18. The molecule has 2 aromatic rings. The van der Waals surface area contributed by atoms with E-state index < -0.39 is 0 Å². The molecule has 6 heteroatoms. The summed E-state index contributed by atoms with van der Waals surface area (Å²) in [4.78, 5) is 16.2. The molecule has 0 aliphatic heterocycles. The highest BCUT2D eigenvalue weighted by Gasteiger charge is 2.09. The number of halogens is 1. The highest BCUT2D eigenvalue weighted by Crippen LogP contribution is 2.22. The molecule has 0 radical (unpaired) electrons. The molecule has 0 unspecified atom stereocenters. The van der Waals surface area contributed by atoms with E-state index in [-0.39, 0.29) is 5.91 Å². The molecule has 0 saturated carbocycles. The number of nitrogens with zero attached hydrogens (tertiary/aromatic N) is 1. The molecule has 0 atom stereocenters. The van der Waals surface area contributed by atoms with Crippen molar-refractivity contribution < 1.29 is 4.79 Å². The molecule has 2 rings (SSSR count). The first-order valence-corrected chi connectivity index (χ1v) is 6.95. The van der Waals surface area contributed by atoms with Crippen molar-refractivity contribution in [3.8, 4) is 0 Å². The van der Waals surface area contributed by atoms with Crippen LogP contribution in [-0.4, -0.2) is 10.9 Å². The Morgan fingerprint density at radius 2 is 2.15 bits per heavy atom. The van der Waals surface area contributed by atoms with Gasteiger partial charge in [-0.3, -0.25) is 4.79 Å². The largest absolute Gasteiger partial charge is 0.322 e. The first-order chi connectivity index (χ1) is 9.63. The Morgan fingerprint density at radius 3 is 2.75 bits per heavy atom. The minimum atomic E-state index is -0.196. The summed E-state index contributed by atoms with van der Waals surface area (Å²) in [7, 11) is 0. The normalized spacial score (nSPS) is 10.2. The van der Waals surface area contributed by atoms with Crippen LogP contribution in [0.4, 0.5) is 11.5 Å². The van der Waals surface area contributed by atoms with Crippen molar-refractivity contribution in [1.29, 1.82) is 0 Å². The van der Waals surface area contributed by atoms with Gasteiger partial charge in [-0.1, -0.05) is 22.9 Å². The molecule has 0 aliphatic rings. The highest BCUT2D eigenvalue weighted by molar-refractivity contribution is 9.10. The monoisotopic (exact) mass is 334 g/mol. The van der Waals surface area contributed by atoms with Gasteiger partial charge in [0.2, 0.25) is 0 Å². The van der Waals surface area contributed by atoms with Gasteiger partial charge in [0.25, 0.3) is 5.91 Å². The van der Waals surface area contributed by atoms with Crippen LogP contribution >= 0.6 is 15.9 Å². The number of nitrogens with one attached hydrogen (secondary N) is 2. The summed E-state index contributed by atoms with van der Waals surface area (Å²) in [5, 5.41) is 2.89. The number of nitrogens with two attached hydrogens (primary N) is 1. The lowest BCUT2D eigenvalue weighted by molar-refractivity contribution is 0.102. The SMILES string of the molecule is CCc1cc(Br)ccc1NC(=O)c1ccc(NN)nc1. The topological polar surface area (TPSA) is 80.0 Å². The van der Waals surface area contributed by atoms with E-state index in [1.165, 1.54) is 6.20 Å². The van der Waals surface area contributed by atoms with Crippen molar-refractivity contribution in [2.24, 2.45) is 5.84 Å². The van der Waals surface area contributed by atoms with Crippen LogP contribution in [0.15, 0.2) is 41.0 Å². The Bertz CT molecular complexity index is 613. The zero-order valence-corrected chi connectivity index (χ0v) is 12.6. The molecule has 0 saturated heterocycles. The number of carbonyl (C=O) groups excluding carboxylic acids is 1. The molecule has 4 N–H and O–H groups in total. The fourth-order valence-corrected chi connectivity index (χ4v) is 2.19. The summed E-state index contributed by atoms with van der Waals surface area (Å²) < 4.78 is 0.993. The van der Waals surface area contributed by atoms with Crippen LogP contribution in [0.2, 0.25) is 0 Å². The number of hydrogen-bond acceptors (Lipinski definition) is 4. The van der Waals surface area contributed by atoms with Gasteiger partial charge < -0.3 is 10.7 Å². The molecular weight excluding hydrogens is 320 g/mol. The quantitative estimate of drug-likeness (QED) is 0.593. The van der Waals surface area contributed by atoms with Crippen molar-refractivity contribution in [1.82, 2.24) is 4.98 Å². The predicted octanol–water partition coefficient (Wildman–Crippen LogP) is 2.94. The van der Waals surface area contributed by atoms with E-state index in [2.05, 4.69) is 31.7 Å². The molecule has 5 nitrogen and oxygen atoms in total. The lowest BCUT2D eigenvalue weighted by atomic mass is 10.1. The summed E-state index contributed by atoms with van der Waals surface area (Å²) in [5.41, 5.74) is 4.78. The lowest BCUT2D eigenvalue weighted by Crippen LogP contribution is -2.14. The zero-order valence-electron chi connectivity index (χ0n) is 11.0. The average Bonchev–Trinajstić information content (AvgIpc) is 2.49. The van der Waals surface area contributed by atoms with E-state index in [0.29, 0.717) is 11.4 Å². The molecule has 0 spiro atoms. The van der Waals surface area contributed by atoms with Crippen molar-refractivity contribution in [2.45, 2.75) is 13.3 Å². The van der Waals surface area contributed by atoms with Crippen LogP contribution in [0.5, 0.6) is 0 Å². The molecule has 0 aliphatic carbocycles. The maximum atomic E-state index is 12.2. The van der Waals surface area contributed by atoms with Gasteiger partial charge in [-0.25, -0.2) is 10.8 Å². The van der Waals surface area contributed by atoms with Crippen molar-refractivity contribution in [3.05, 3.63) is 52.1 Å². The number of anilines is 2. The molecule has 1 amide bonds. The molecule has 1 heterocycles. The van der Waals surface area contributed by atoms with Crippen LogP contribution in [0.1, 0.15) is 22.8 Å². The van der Waals surface area contributed by atoms with Gasteiger partial charge in [0.15, 0.2) is 0 Å². The Kier molecular flexibility index (Phi) is 4.70. The number of aromatic nitrogens is 1. The molecule has 0 fully saturated rings. The van der Waals surface area contributed by atoms with Crippen molar-refractivity contribution in [2.75, 3.05) is 10.7 Å². The molecule has 20 heavy (non-hydrogen) atoms. The van der Waals surface area contributed by atoms with Crippen LogP contribution in [-0.2, 0) is 6.42 Å². The fourth-order valence-electron chi connectivity index (χ4n) is 1.78. The summed E-state index contributed by atoms with van der Waals surface area (Å²) in [6, 6.07) is 9.09. The minimum absolute atomic E-state index is 0.196. The summed E-state index contributed by atoms with van der Waals surface area (Å²) in [5.74, 6) is 5.55. The summed E-state index contributed by atoms with van der Waals surface area (Å²) in [6.45, 7) is 2.04. The van der Waals surface area contributed by atoms with Gasteiger partial charge in [-0.15, -0.1) is 0 Å². The number of carbonyl (C=O) groups is 1. The Labute approximate surface area is 125 Å². The number of aryl methyl sites for hydroxylation is 1. The Hall–Kier alpha value is -1.92. The number of pyridine rings is 1. The molecular formula is C14H15BrN4O. The number of rotatable bonds is 4. The van der Waals surface area contributed by atoms with Crippen molar-refractivity contribution >= 4 is 33.3 Å². The third-order valence-corrected chi connectivity index (χ3v) is 3.36.